The molecule has 0 aliphatic carbocycles. The van der Waals surface area contributed by atoms with E-state index in [9.17, 15) is 0 Å². The van der Waals surface area contributed by atoms with Crippen LogP contribution in [-0.2, 0) is 4.74 Å². The molecular formula is C8H14INO. The van der Waals surface area contributed by atoms with Gasteiger partial charge in [-0.2, -0.15) is 0 Å². The molecule has 1 rings (SSSR count). The summed E-state index contributed by atoms with van der Waals surface area (Å²) in [5.41, 5.74) is 0. The van der Waals surface area contributed by atoms with Gasteiger partial charge in [0.1, 0.15) is 0 Å². The second-order valence-electron chi connectivity index (χ2n) is 2.91. The topological polar surface area (TPSA) is 12.5 Å². The van der Waals surface area contributed by atoms with Crippen molar-refractivity contribution in [2.45, 2.75) is 25.5 Å². The number of nitrogens with zero attached hydrogens (tertiary/aromatic N) is 1. The van der Waals surface area contributed by atoms with Gasteiger partial charge < -0.3 is 4.74 Å². The van der Waals surface area contributed by atoms with Crippen LogP contribution in [0.25, 0.3) is 0 Å². The van der Waals surface area contributed by atoms with E-state index in [0.717, 1.165) is 13.0 Å². The van der Waals surface area contributed by atoms with Crippen molar-refractivity contribution in [2.24, 2.45) is 0 Å². The van der Waals surface area contributed by atoms with Gasteiger partial charge in [0.2, 0.25) is 0 Å². The monoisotopic (exact) mass is 267 g/mol. The molecule has 0 bridgehead atoms. The van der Waals surface area contributed by atoms with E-state index in [0.29, 0.717) is 18.8 Å². The molecule has 0 radical (unpaired) electrons. The maximum absolute atomic E-state index is 5.53. The molecule has 2 nitrogen and oxygen atoms in total. The minimum Gasteiger partial charge on any atom is -0.373 e. The van der Waals surface area contributed by atoms with E-state index < -0.39 is 0 Å². The minimum absolute atomic E-state index is 0.417. The van der Waals surface area contributed by atoms with E-state index in [2.05, 4.69) is 39.5 Å². The van der Waals surface area contributed by atoms with Crippen molar-refractivity contribution >= 4 is 22.9 Å². The van der Waals surface area contributed by atoms with Crippen LogP contribution in [0.3, 0.4) is 0 Å². The molecule has 11 heavy (non-hydrogen) atoms. The Kier molecular flexibility index (Phi) is 3.81. The molecule has 0 N–H and O–H groups in total. The van der Waals surface area contributed by atoms with Crippen LogP contribution in [0.4, 0.5) is 0 Å². The molecule has 2 unspecified atom stereocenters. The molecule has 0 saturated carbocycles. The summed E-state index contributed by atoms with van der Waals surface area (Å²) in [6, 6.07) is 0.658. The second kappa shape index (κ2) is 4.42. The van der Waals surface area contributed by atoms with Crippen LogP contribution in [0.15, 0.2) is 12.7 Å². The van der Waals surface area contributed by atoms with Crippen LogP contribution in [0.1, 0.15) is 13.3 Å². The maximum atomic E-state index is 5.53. The summed E-state index contributed by atoms with van der Waals surface area (Å²) < 4.78 is 7.83. The fourth-order valence-electron chi connectivity index (χ4n) is 1.27. The normalized spacial score (nSPS) is 32.5. The Morgan fingerprint density at radius 2 is 2.55 bits per heavy atom. The molecule has 0 aromatic heterocycles. The zero-order valence-electron chi connectivity index (χ0n) is 6.79. The zero-order chi connectivity index (χ0) is 8.27. The van der Waals surface area contributed by atoms with Crippen LogP contribution in [0.2, 0.25) is 0 Å². The molecule has 3 heteroatoms. The van der Waals surface area contributed by atoms with Gasteiger partial charge in [-0.05, 0) is 13.3 Å². The average Bonchev–Trinajstić information content (AvgIpc) is 2.28. The predicted octanol–water partition coefficient (Wildman–Crippen LogP) is 2.00. The van der Waals surface area contributed by atoms with Crippen molar-refractivity contribution in [3.05, 3.63) is 12.7 Å². The van der Waals surface area contributed by atoms with Crippen molar-refractivity contribution in [3.8, 4) is 0 Å². The van der Waals surface area contributed by atoms with Crippen LogP contribution in [0.5, 0.6) is 0 Å². The second-order valence-corrected chi connectivity index (χ2v) is 4.15. The summed E-state index contributed by atoms with van der Waals surface area (Å²) in [6.45, 7) is 7.58. The van der Waals surface area contributed by atoms with E-state index >= 15 is 0 Å². The Morgan fingerprint density at radius 1 is 1.82 bits per heavy atom. The molecule has 1 heterocycles. The van der Waals surface area contributed by atoms with E-state index in [1.165, 1.54) is 0 Å². The largest absolute Gasteiger partial charge is 0.373 e. The van der Waals surface area contributed by atoms with Crippen LogP contribution in [-0.4, -0.2) is 28.4 Å². The van der Waals surface area contributed by atoms with Gasteiger partial charge in [0, 0.05) is 35.5 Å². The maximum Gasteiger partial charge on any atom is 0.0729 e. The van der Waals surface area contributed by atoms with Crippen molar-refractivity contribution in [3.63, 3.8) is 0 Å². The first kappa shape index (κ1) is 9.48. The van der Waals surface area contributed by atoms with Crippen LogP contribution >= 0.6 is 22.9 Å². The Morgan fingerprint density at radius 3 is 3.00 bits per heavy atom. The molecule has 1 aliphatic heterocycles. The lowest BCUT2D eigenvalue weighted by molar-refractivity contribution is 0.0861. The lowest BCUT2D eigenvalue weighted by atomic mass is 10.2. The van der Waals surface area contributed by atoms with Gasteiger partial charge in [0.25, 0.3) is 0 Å². The SMILES string of the molecule is C=CCOC1CC(C)N(I)C1. The number of halogens is 1. The third-order valence-corrected chi connectivity index (χ3v) is 3.25. The third kappa shape index (κ3) is 2.72. The van der Waals surface area contributed by atoms with Crippen molar-refractivity contribution in [2.75, 3.05) is 13.2 Å². The lowest BCUT2D eigenvalue weighted by Crippen LogP contribution is -2.16. The summed E-state index contributed by atoms with van der Waals surface area (Å²) in [5.74, 6) is 0. The third-order valence-electron chi connectivity index (χ3n) is 1.91. The molecule has 1 saturated heterocycles. The average molecular weight is 267 g/mol. The lowest BCUT2D eigenvalue weighted by Gasteiger charge is -2.09. The Hall–Kier alpha value is 0.390. The number of ether oxygens (including phenoxy) is 1. The molecule has 0 amide bonds. The molecule has 0 aromatic rings. The number of rotatable bonds is 3. The molecule has 64 valence electrons. The molecule has 0 aromatic carbocycles. The summed E-state index contributed by atoms with van der Waals surface area (Å²) in [6.07, 6.45) is 3.37. The van der Waals surface area contributed by atoms with Gasteiger partial charge in [-0.15, -0.1) is 6.58 Å². The van der Waals surface area contributed by atoms with Crippen molar-refractivity contribution in [1.29, 1.82) is 0 Å². The van der Waals surface area contributed by atoms with E-state index in [1.54, 1.807) is 6.08 Å². The summed E-state index contributed by atoms with van der Waals surface area (Å²) >= 11 is 2.35. The van der Waals surface area contributed by atoms with Gasteiger partial charge >= 0.3 is 0 Å². The number of hydrogen-bond acceptors (Lipinski definition) is 2. The first-order chi connectivity index (χ1) is 5.24. The molecular weight excluding hydrogens is 253 g/mol. The molecule has 1 aliphatic rings. The van der Waals surface area contributed by atoms with Gasteiger partial charge in [-0.1, -0.05) is 6.08 Å². The van der Waals surface area contributed by atoms with E-state index in [4.69, 9.17) is 4.74 Å². The van der Waals surface area contributed by atoms with Gasteiger partial charge in [0.15, 0.2) is 0 Å². The van der Waals surface area contributed by atoms with Crippen LogP contribution < -0.4 is 0 Å². The summed E-state index contributed by atoms with van der Waals surface area (Å²) in [5, 5.41) is 0. The fourth-order valence-corrected chi connectivity index (χ4v) is 1.94. The quantitative estimate of drug-likeness (QED) is 0.440. The number of hydrogen-bond donors (Lipinski definition) is 0. The Bertz CT molecular complexity index is 130. The zero-order valence-corrected chi connectivity index (χ0v) is 8.95. The van der Waals surface area contributed by atoms with Crippen LogP contribution in [0, 0.1) is 0 Å². The van der Waals surface area contributed by atoms with Gasteiger partial charge in [0.05, 0.1) is 12.7 Å². The predicted molar refractivity (Wildman–Crippen MR) is 54.7 cm³/mol. The highest BCUT2D eigenvalue weighted by atomic mass is 127. The Labute approximate surface area is 82.1 Å². The highest BCUT2D eigenvalue weighted by Gasteiger charge is 2.27. The molecule has 2 atom stereocenters. The molecule has 1 fully saturated rings. The standard InChI is InChI=1S/C8H14INO/c1-3-4-11-8-5-7(2)10(9)6-8/h3,7-8H,1,4-6H2,2H3. The highest BCUT2D eigenvalue weighted by molar-refractivity contribution is 14.1. The smallest absolute Gasteiger partial charge is 0.0729 e. The highest BCUT2D eigenvalue weighted by Crippen LogP contribution is 2.22. The minimum atomic E-state index is 0.417. The first-order valence-corrected chi connectivity index (χ1v) is 4.85. The van der Waals surface area contributed by atoms with E-state index in [1.807, 2.05) is 0 Å². The Balaban J connectivity index is 2.23. The fraction of sp³-hybridized carbons (Fsp3) is 0.750. The van der Waals surface area contributed by atoms with Crippen molar-refractivity contribution in [1.82, 2.24) is 3.11 Å². The van der Waals surface area contributed by atoms with Gasteiger partial charge in [-0.25, -0.2) is 3.11 Å². The van der Waals surface area contributed by atoms with Crippen molar-refractivity contribution < 1.29 is 4.74 Å². The molecule has 0 spiro atoms. The first-order valence-electron chi connectivity index (χ1n) is 3.89. The van der Waals surface area contributed by atoms with E-state index in [-0.39, 0.29) is 0 Å². The summed E-state index contributed by atoms with van der Waals surface area (Å²) in [7, 11) is 0. The van der Waals surface area contributed by atoms with Gasteiger partial charge in [-0.3, -0.25) is 0 Å². The summed E-state index contributed by atoms with van der Waals surface area (Å²) in [4.78, 5) is 0.